The Morgan fingerprint density at radius 1 is 1.23 bits per heavy atom. The van der Waals surface area contributed by atoms with Crippen LogP contribution in [0.3, 0.4) is 0 Å². The molecule has 0 radical (unpaired) electrons. The number of carbonyl (C=O) groups is 1. The molecule has 2 amide bonds. The molecule has 1 aromatic carbocycles. The number of aryl methyl sites for hydroxylation is 1. The quantitative estimate of drug-likeness (QED) is 0.685. The number of aromatic nitrogens is 1. The van der Waals surface area contributed by atoms with Crippen LogP contribution in [-0.2, 0) is 0 Å². The van der Waals surface area contributed by atoms with Crippen molar-refractivity contribution < 1.29 is 4.79 Å². The van der Waals surface area contributed by atoms with Gasteiger partial charge in [-0.15, -0.1) is 0 Å². The maximum atomic E-state index is 11.8. The summed E-state index contributed by atoms with van der Waals surface area (Å²) in [5, 5.41) is 8.82. The molecule has 0 fully saturated rings. The standard InChI is InChI=1S/C16H19BrN4O/c1-12-6-7-13(11-14(12)17)21-16(22)20-10-4-9-19-15-5-2-3-8-18-15/h2-3,5-8,11H,4,9-10H2,1H3,(H,18,19)(H2,20,21,22). The second kappa shape index (κ2) is 8.38. The minimum atomic E-state index is -0.200. The van der Waals surface area contributed by atoms with Gasteiger partial charge in [-0.2, -0.15) is 0 Å². The average molecular weight is 363 g/mol. The van der Waals surface area contributed by atoms with E-state index in [1.807, 2.05) is 43.3 Å². The van der Waals surface area contributed by atoms with Gasteiger partial charge in [0.1, 0.15) is 5.82 Å². The van der Waals surface area contributed by atoms with Crippen LogP contribution in [0.4, 0.5) is 16.3 Å². The van der Waals surface area contributed by atoms with Crippen molar-refractivity contribution in [2.75, 3.05) is 23.7 Å². The van der Waals surface area contributed by atoms with Crippen LogP contribution >= 0.6 is 15.9 Å². The number of carbonyl (C=O) groups excluding carboxylic acids is 1. The number of anilines is 2. The average Bonchev–Trinajstić information content (AvgIpc) is 2.52. The van der Waals surface area contributed by atoms with Crippen LogP contribution in [0.1, 0.15) is 12.0 Å². The molecule has 0 unspecified atom stereocenters. The Kier molecular flexibility index (Phi) is 6.21. The molecule has 2 rings (SSSR count). The van der Waals surface area contributed by atoms with E-state index in [1.165, 1.54) is 0 Å². The third kappa shape index (κ3) is 5.37. The zero-order valence-electron chi connectivity index (χ0n) is 12.4. The van der Waals surface area contributed by atoms with E-state index in [-0.39, 0.29) is 6.03 Å². The zero-order chi connectivity index (χ0) is 15.8. The molecule has 2 aromatic rings. The number of amides is 2. The molecule has 22 heavy (non-hydrogen) atoms. The lowest BCUT2D eigenvalue weighted by molar-refractivity contribution is 0.252. The van der Waals surface area contributed by atoms with Gasteiger partial charge in [-0.1, -0.05) is 28.1 Å². The van der Waals surface area contributed by atoms with E-state index in [4.69, 9.17) is 0 Å². The summed E-state index contributed by atoms with van der Waals surface area (Å²) < 4.78 is 0.977. The smallest absolute Gasteiger partial charge is 0.319 e. The van der Waals surface area contributed by atoms with Crippen LogP contribution in [0.5, 0.6) is 0 Å². The highest BCUT2D eigenvalue weighted by Gasteiger charge is 2.02. The number of rotatable bonds is 6. The molecule has 3 N–H and O–H groups in total. The van der Waals surface area contributed by atoms with Gasteiger partial charge in [0.05, 0.1) is 0 Å². The fourth-order valence-electron chi connectivity index (χ4n) is 1.82. The third-order valence-corrected chi connectivity index (χ3v) is 3.89. The molecule has 1 heterocycles. The fourth-order valence-corrected chi connectivity index (χ4v) is 2.20. The molecule has 0 aliphatic rings. The number of nitrogens with one attached hydrogen (secondary N) is 3. The van der Waals surface area contributed by atoms with Gasteiger partial charge in [0.2, 0.25) is 0 Å². The molecule has 0 spiro atoms. The summed E-state index contributed by atoms with van der Waals surface area (Å²) in [6.45, 7) is 3.36. The van der Waals surface area contributed by atoms with Gasteiger partial charge in [-0.05, 0) is 43.2 Å². The van der Waals surface area contributed by atoms with Gasteiger partial charge in [0.15, 0.2) is 0 Å². The monoisotopic (exact) mass is 362 g/mol. The molecule has 6 heteroatoms. The van der Waals surface area contributed by atoms with E-state index in [1.54, 1.807) is 6.20 Å². The molecule has 1 aromatic heterocycles. The van der Waals surface area contributed by atoms with E-state index in [9.17, 15) is 4.79 Å². The first-order valence-corrected chi connectivity index (χ1v) is 7.90. The van der Waals surface area contributed by atoms with Crippen molar-refractivity contribution in [1.82, 2.24) is 10.3 Å². The normalized spacial score (nSPS) is 10.1. The Hall–Kier alpha value is -2.08. The number of urea groups is 1. The second-order valence-corrected chi connectivity index (χ2v) is 5.69. The van der Waals surface area contributed by atoms with Gasteiger partial charge < -0.3 is 16.0 Å². The first-order chi connectivity index (χ1) is 10.6. The van der Waals surface area contributed by atoms with Gasteiger partial charge in [0.25, 0.3) is 0 Å². The Balaban J connectivity index is 1.64. The summed E-state index contributed by atoms with van der Waals surface area (Å²) in [7, 11) is 0. The molecular formula is C16H19BrN4O. The molecule has 5 nitrogen and oxygen atoms in total. The predicted octanol–water partition coefficient (Wildman–Crippen LogP) is 3.78. The van der Waals surface area contributed by atoms with E-state index < -0.39 is 0 Å². The summed E-state index contributed by atoms with van der Waals surface area (Å²) in [6, 6.07) is 11.2. The highest BCUT2D eigenvalue weighted by Crippen LogP contribution is 2.20. The maximum absolute atomic E-state index is 11.8. The maximum Gasteiger partial charge on any atom is 0.319 e. The van der Waals surface area contributed by atoms with E-state index in [0.717, 1.165) is 34.5 Å². The fraction of sp³-hybridized carbons (Fsp3) is 0.250. The van der Waals surface area contributed by atoms with Gasteiger partial charge in [-0.25, -0.2) is 9.78 Å². The van der Waals surface area contributed by atoms with Crippen molar-refractivity contribution in [3.63, 3.8) is 0 Å². The van der Waals surface area contributed by atoms with Crippen LogP contribution in [0.2, 0.25) is 0 Å². The number of pyridine rings is 1. The number of hydrogen-bond acceptors (Lipinski definition) is 3. The molecule has 0 saturated heterocycles. The third-order valence-electron chi connectivity index (χ3n) is 3.04. The molecule has 0 aliphatic carbocycles. The lowest BCUT2D eigenvalue weighted by Gasteiger charge is -2.09. The molecule has 116 valence electrons. The largest absolute Gasteiger partial charge is 0.370 e. The Morgan fingerprint density at radius 3 is 2.82 bits per heavy atom. The molecule has 0 saturated carbocycles. The topological polar surface area (TPSA) is 66.1 Å². The highest BCUT2D eigenvalue weighted by molar-refractivity contribution is 9.10. The lowest BCUT2D eigenvalue weighted by atomic mass is 10.2. The van der Waals surface area contributed by atoms with Crippen molar-refractivity contribution >= 4 is 33.5 Å². The summed E-state index contributed by atoms with van der Waals surface area (Å²) in [6.07, 6.45) is 2.56. The van der Waals surface area contributed by atoms with Crippen molar-refractivity contribution in [3.8, 4) is 0 Å². The number of benzene rings is 1. The zero-order valence-corrected chi connectivity index (χ0v) is 14.0. The van der Waals surface area contributed by atoms with Crippen LogP contribution in [-0.4, -0.2) is 24.1 Å². The number of hydrogen-bond donors (Lipinski definition) is 3. The first kappa shape index (κ1) is 16.3. The van der Waals surface area contributed by atoms with Gasteiger partial charge in [0, 0.05) is 29.4 Å². The van der Waals surface area contributed by atoms with Crippen LogP contribution in [0.25, 0.3) is 0 Å². The van der Waals surface area contributed by atoms with Crippen LogP contribution < -0.4 is 16.0 Å². The summed E-state index contributed by atoms with van der Waals surface area (Å²) >= 11 is 3.45. The Labute approximate surface area is 138 Å². The van der Waals surface area contributed by atoms with Gasteiger partial charge in [-0.3, -0.25) is 0 Å². The summed E-state index contributed by atoms with van der Waals surface area (Å²) in [4.78, 5) is 15.9. The van der Waals surface area contributed by atoms with Crippen molar-refractivity contribution in [2.45, 2.75) is 13.3 Å². The van der Waals surface area contributed by atoms with Crippen molar-refractivity contribution in [2.24, 2.45) is 0 Å². The first-order valence-electron chi connectivity index (χ1n) is 7.11. The van der Waals surface area contributed by atoms with Crippen molar-refractivity contribution in [3.05, 3.63) is 52.6 Å². The highest BCUT2D eigenvalue weighted by atomic mass is 79.9. The molecule has 0 bridgehead atoms. The van der Waals surface area contributed by atoms with E-state index >= 15 is 0 Å². The second-order valence-electron chi connectivity index (χ2n) is 4.84. The van der Waals surface area contributed by atoms with Crippen LogP contribution in [0.15, 0.2) is 47.1 Å². The van der Waals surface area contributed by atoms with Crippen molar-refractivity contribution in [1.29, 1.82) is 0 Å². The lowest BCUT2D eigenvalue weighted by Crippen LogP contribution is -2.30. The number of nitrogens with zero attached hydrogens (tertiary/aromatic N) is 1. The van der Waals surface area contributed by atoms with E-state index in [0.29, 0.717) is 6.54 Å². The Morgan fingerprint density at radius 2 is 2.09 bits per heavy atom. The number of halogens is 1. The molecular weight excluding hydrogens is 344 g/mol. The molecule has 0 aliphatic heterocycles. The summed E-state index contributed by atoms with van der Waals surface area (Å²) in [5.41, 5.74) is 1.90. The van der Waals surface area contributed by atoms with E-state index in [2.05, 4.69) is 36.9 Å². The molecule has 0 atom stereocenters. The SMILES string of the molecule is Cc1ccc(NC(=O)NCCCNc2ccccn2)cc1Br. The van der Waals surface area contributed by atoms with Gasteiger partial charge >= 0.3 is 6.03 Å². The minimum Gasteiger partial charge on any atom is -0.370 e. The van der Waals surface area contributed by atoms with Crippen LogP contribution in [0, 0.1) is 6.92 Å². The Bertz CT molecular complexity index is 619. The summed E-state index contributed by atoms with van der Waals surface area (Å²) in [5.74, 6) is 0.844. The predicted molar refractivity (Wildman–Crippen MR) is 93.2 cm³/mol. The minimum absolute atomic E-state index is 0.200.